The molecule has 0 aromatic carbocycles. The molecule has 108 valence electrons. The van der Waals surface area contributed by atoms with Gasteiger partial charge in [0.1, 0.15) is 18.0 Å². The third-order valence-corrected chi connectivity index (χ3v) is 3.06. The number of anilines is 2. The van der Waals surface area contributed by atoms with E-state index in [9.17, 15) is 0 Å². The van der Waals surface area contributed by atoms with Crippen molar-refractivity contribution in [3.63, 3.8) is 0 Å². The van der Waals surface area contributed by atoms with Crippen LogP contribution < -0.4 is 10.6 Å². The van der Waals surface area contributed by atoms with E-state index in [4.69, 9.17) is 0 Å². The van der Waals surface area contributed by atoms with Crippen LogP contribution in [-0.4, -0.2) is 23.1 Å². The SMILES string of the molecule is CCCCCNc1ncnc(NCCC)c1CCC. The summed E-state index contributed by atoms with van der Waals surface area (Å²) < 4.78 is 0. The third kappa shape index (κ3) is 5.45. The van der Waals surface area contributed by atoms with Crippen molar-refractivity contribution in [2.45, 2.75) is 59.3 Å². The van der Waals surface area contributed by atoms with Gasteiger partial charge in [0, 0.05) is 18.7 Å². The van der Waals surface area contributed by atoms with Crippen molar-refractivity contribution in [2.24, 2.45) is 0 Å². The highest BCUT2D eigenvalue weighted by Gasteiger charge is 2.09. The van der Waals surface area contributed by atoms with Crippen LogP contribution in [0.5, 0.6) is 0 Å². The summed E-state index contributed by atoms with van der Waals surface area (Å²) in [7, 11) is 0. The second-order valence-electron chi connectivity index (χ2n) is 4.86. The molecule has 1 aromatic heterocycles. The quantitative estimate of drug-likeness (QED) is 0.630. The average Bonchev–Trinajstić information content (AvgIpc) is 2.43. The van der Waals surface area contributed by atoms with Gasteiger partial charge in [0.05, 0.1) is 0 Å². The summed E-state index contributed by atoms with van der Waals surface area (Å²) in [6.07, 6.45) is 8.59. The number of rotatable bonds is 10. The van der Waals surface area contributed by atoms with E-state index in [-0.39, 0.29) is 0 Å². The summed E-state index contributed by atoms with van der Waals surface area (Å²) in [4.78, 5) is 8.78. The van der Waals surface area contributed by atoms with Crippen molar-refractivity contribution in [1.82, 2.24) is 9.97 Å². The number of nitrogens with zero attached hydrogens (tertiary/aromatic N) is 2. The molecule has 0 bridgehead atoms. The van der Waals surface area contributed by atoms with Gasteiger partial charge < -0.3 is 10.6 Å². The summed E-state index contributed by atoms with van der Waals surface area (Å²) in [5.41, 5.74) is 1.23. The van der Waals surface area contributed by atoms with Crippen LogP contribution in [0.2, 0.25) is 0 Å². The zero-order valence-electron chi connectivity index (χ0n) is 12.6. The summed E-state index contributed by atoms with van der Waals surface area (Å²) in [6.45, 7) is 8.53. The number of nitrogens with one attached hydrogen (secondary N) is 2. The van der Waals surface area contributed by atoms with Gasteiger partial charge in [-0.05, 0) is 19.3 Å². The molecule has 4 heteroatoms. The van der Waals surface area contributed by atoms with E-state index < -0.39 is 0 Å². The monoisotopic (exact) mass is 264 g/mol. The molecule has 0 aliphatic carbocycles. The van der Waals surface area contributed by atoms with E-state index in [2.05, 4.69) is 41.4 Å². The minimum absolute atomic E-state index is 0.961. The number of hydrogen-bond donors (Lipinski definition) is 2. The van der Waals surface area contributed by atoms with Crippen molar-refractivity contribution < 1.29 is 0 Å². The predicted octanol–water partition coefficient (Wildman–Crippen LogP) is 3.85. The Labute approximate surface area is 117 Å². The van der Waals surface area contributed by atoms with E-state index in [1.807, 2.05) is 0 Å². The first-order chi connectivity index (χ1) is 9.33. The van der Waals surface area contributed by atoms with E-state index in [0.717, 1.165) is 44.0 Å². The highest BCUT2D eigenvalue weighted by atomic mass is 15.1. The number of hydrogen-bond acceptors (Lipinski definition) is 4. The van der Waals surface area contributed by atoms with Gasteiger partial charge >= 0.3 is 0 Å². The standard InChI is InChI=1S/C15H28N4/c1-4-7-8-11-17-15-13(9-5-2)14(16-10-6-3)18-12-19-15/h12H,4-11H2,1-3H3,(H2,16,17,18,19). The molecular formula is C15H28N4. The van der Waals surface area contributed by atoms with Crippen molar-refractivity contribution in [1.29, 1.82) is 0 Å². The lowest BCUT2D eigenvalue weighted by Gasteiger charge is -2.14. The fourth-order valence-electron chi connectivity index (χ4n) is 2.03. The van der Waals surface area contributed by atoms with E-state index in [0.29, 0.717) is 0 Å². The maximum absolute atomic E-state index is 4.40. The Kier molecular flexibility index (Phi) is 7.94. The minimum atomic E-state index is 0.961. The fourth-order valence-corrected chi connectivity index (χ4v) is 2.03. The van der Waals surface area contributed by atoms with Crippen molar-refractivity contribution in [2.75, 3.05) is 23.7 Å². The largest absolute Gasteiger partial charge is 0.370 e. The average molecular weight is 264 g/mol. The zero-order chi connectivity index (χ0) is 13.9. The Bertz CT molecular complexity index is 352. The number of unbranched alkanes of at least 4 members (excludes halogenated alkanes) is 2. The molecule has 0 aliphatic heterocycles. The molecular weight excluding hydrogens is 236 g/mol. The van der Waals surface area contributed by atoms with Gasteiger partial charge in [-0.15, -0.1) is 0 Å². The summed E-state index contributed by atoms with van der Waals surface area (Å²) >= 11 is 0. The molecule has 1 heterocycles. The van der Waals surface area contributed by atoms with Crippen LogP contribution in [0.3, 0.4) is 0 Å². The summed E-state index contributed by atoms with van der Waals surface area (Å²) in [6, 6.07) is 0. The Morgan fingerprint density at radius 1 is 0.842 bits per heavy atom. The van der Waals surface area contributed by atoms with Gasteiger partial charge in [0.2, 0.25) is 0 Å². The summed E-state index contributed by atoms with van der Waals surface area (Å²) in [5.74, 6) is 2.00. The van der Waals surface area contributed by atoms with Gasteiger partial charge in [0.25, 0.3) is 0 Å². The Balaban J connectivity index is 2.71. The van der Waals surface area contributed by atoms with Crippen molar-refractivity contribution in [3.8, 4) is 0 Å². The fraction of sp³-hybridized carbons (Fsp3) is 0.733. The highest BCUT2D eigenvalue weighted by molar-refractivity contribution is 5.57. The Hall–Kier alpha value is -1.32. The molecule has 1 aromatic rings. The van der Waals surface area contributed by atoms with E-state index in [1.165, 1.54) is 24.8 Å². The lowest BCUT2D eigenvalue weighted by Crippen LogP contribution is -2.11. The van der Waals surface area contributed by atoms with Crippen LogP contribution >= 0.6 is 0 Å². The minimum Gasteiger partial charge on any atom is -0.370 e. The molecule has 2 N–H and O–H groups in total. The van der Waals surface area contributed by atoms with E-state index >= 15 is 0 Å². The Morgan fingerprint density at radius 2 is 1.53 bits per heavy atom. The molecule has 0 fully saturated rings. The third-order valence-electron chi connectivity index (χ3n) is 3.06. The van der Waals surface area contributed by atoms with Gasteiger partial charge in [0.15, 0.2) is 0 Å². The van der Waals surface area contributed by atoms with Gasteiger partial charge in [-0.25, -0.2) is 9.97 Å². The molecule has 19 heavy (non-hydrogen) atoms. The molecule has 0 radical (unpaired) electrons. The van der Waals surface area contributed by atoms with Gasteiger partial charge in [-0.1, -0.05) is 40.0 Å². The lowest BCUT2D eigenvalue weighted by atomic mass is 10.1. The maximum Gasteiger partial charge on any atom is 0.134 e. The van der Waals surface area contributed by atoms with Crippen molar-refractivity contribution in [3.05, 3.63) is 11.9 Å². The molecule has 0 saturated heterocycles. The topological polar surface area (TPSA) is 49.8 Å². The van der Waals surface area contributed by atoms with Crippen LogP contribution in [0.4, 0.5) is 11.6 Å². The molecule has 4 nitrogen and oxygen atoms in total. The molecule has 0 unspecified atom stereocenters. The maximum atomic E-state index is 4.40. The van der Waals surface area contributed by atoms with E-state index in [1.54, 1.807) is 6.33 Å². The number of aromatic nitrogens is 2. The van der Waals surface area contributed by atoms with Gasteiger partial charge in [-0.3, -0.25) is 0 Å². The molecule has 0 atom stereocenters. The lowest BCUT2D eigenvalue weighted by molar-refractivity contribution is 0.740. The van der Waals surface area contributed by atoms with Crippen molar-refractivity contribution >= 4 is 11.6 Å². The smallest absolute Gasteiger partial charge is 0.134 e. The normalized spacial score (nSPS) is 10.5. The van der Waals surface area contributed by atoms with Crippen LogP contribution in [0.1, 0.15) is 58.4 Å². The molecule has 0 saturated carbocycles. The molecule has 1 rings (SSSR count). The molecule has 0 spiro atoms. The molecule has 0 aliphatic rings. The second kappa shape index (κ2) is 9.59. The first-order valence-electron chi connectivity index (χ1n) is 7.65. The zero-order valence-corrected chi connectivity index (χ0v) is 12.6. The highest BCUT2D eigenvalue weighted by Crippen LogP contribution is 2.21. The van der Waals surface area contributed by atoms with Crippen LogP contribution in [0, 0.1) is 0 Å². The summed E-state index contributed by atoms with van der Waals surface area (Å²) in [5, 5.41) is 6.86. The van der Waals surface area contributed by atoms with Crippen LogP contribution in [0.25, 0.3) is 0 Å². The van der Waals surface area contributed by atoms with Crippen LogP contribution in [0.15, 0.2) is 6.33 Å². The van der Waals surface area contributed by atoms with Crippen LogP contribution in [-0.2, 0) is 6.42 Å². The first kappa shape index (κ1) is 15.7. The Morgan fingerprint density at radius 3 is 2.11 bits per heavy atom. The second-order valence-corrected chi connectivity index (χ2v) is 4.86. The van der Waals surface area contributed by atoms with Gasteiger partial charge in [-0.2, -0.15) is 0 Å². The predicted molar refractivity (Wildman–Crippen MR) is 82.8 cm³/mol. The first-order valence-corrected chi connectivity index (χ1v) is 7.65. The molecule has 0 amide bonds.